The van der Waals surface area contributed by atoms with E-state index in [0.717, 1.165) is 50.6 Å². The van der Waals surface area contributed by atoms with Gasteiger partial charge in [-0.05, 0) is 37.9 Å². The van der Waals surface area contributed by atoms with E-state index in [2.05, 4.69) is 26.1 Å². The van der Waals surface area contributed by atoms with Crippen LogP contribution in [-0.2, 0) is 19.8 Å². The number of alkyl halides is 3. The third kappa shape index (κ3) is 3.18. The van der Waals surface area contributed by atoms with Crippen LogP contribution in [0.15, 0.2) is 24.5 Å². The fraction of sp³-hybridized carbons (Fsp3) is 0.556. The number of anilines is 1. The van der Waals surface area contributed by atoms with Gasteiger partial charge in [0.15, 0.2) is 0 Å². The first-order chi connectivity index (χ1) is 12.3. The topological polar surface area (TPSA) is 37.2 Å². The Kier molecular flexibility index (Phi) is 4.17. The second kappa shape index (κ2) is 6.26. The molecule has 2 unspecified atom stereocenters. The molecule has 0 saturated carbocycles. The molecule has 2 aromatic rings. The van der Waals surface area contributed by atoms with Gasteiger partial charge in [0.25, 0.3) is 0 Å². The van der Waals surface area contributed by atoms with Gasteiger partial charge < -0.3 is 4.90 Å². The first-order valence-electron chi connectivity index (χ1n) is 8.82. The van der Waals surface area contributed by atoms with E-state index in [0.29, 0.717) is 17.8 Å². The number of likely N-dealkylation sites (tertiary alicyclic amines) is 1. The number of halogens is 3. The maximum Gasteiger partial charge on any atom is 0.417 e. The van der Waals surface area contributed by atoms with Gasteiger partial charge in [0.1, 0.15) is 5.82 Å². The van der Waals surface area contributed by atoms with Gasteiger partial charge in [0.2, 0.25) is 0 Å². The zero-order chi connectivity index (χ0) is 18.5. The first kappa shape index (κ1) is 17.3. The van der Waals surface area contributed by atoms with Gasteiger partial charge in [-0.15, -0.1) is 0 Å². The maximum atomic E-state index is 12.7. The van der Waals surface area contributed by atoms with E-state index >= 15 is 0 Å². The first-order valence-corrected chi connectivity index (χ1v) is 8.82. The number of aryl methyl sites for hydroxylation is 2. The van der Waals surface area contributed by atoms with Gasteiger partial charge in [-0.3, -0.25) is 9.58 Å². The number of rotatable bonds is 3. The van der Waals surface area contributed by atoms with Crippen LogP contribution in [0.4, 0.5) is 19.0 Å². The molecule has 8 heteroatoms. The molecule has 5 nitrogen and oxygen atoms in total. The van der Waals surface area contributed by atoms with Crippen LogP contribution >= 0.6 is 0 Å². The van der Waals surface area contributed by atoms with E-state index < -0.39 is 11.7 Å². The average molecular weight is 365 g/mol. The summed E-state index contributed by atoms with van der Waals surface area (Å²) in [4.78, 5) is 8.63. The van der Waals surface area contributed by atoms with Gasteiger partial charge in [-0.1, -0.05) is 0 Å². The van der Waals surface area contributed by atoms with Crippen LogP contribution < -0.4 is 4.90 Å². The highest BCUT2D eigenvalue weighted by Gasteiger charge is 2.42. The molecule has 0 bridgehead atoms. The Balaban J connectivity index is 1.45. The molecule has 2 aliphatic rings. The molecular weight excluding hydrogens is 343 g/mol. The summed E-state index contributed by atoms with van der Waals surface area (Å²) >= 11 is 0. The lowest BCUT2D eigenvalue weighted by Crippen LogP contribution is -2.35. The smallest absolute Gasteiger partial charge is 0.355 e. The normalized spacial score (nSPS) is 23.7. The van der Waals surface area contributed by atoms with Crippen molar-refractivity contribution in [3.05, 3.63) is 41.3 Å². The second-order valence-corrected chi connectivity index (χ2v) is 7.31. The van der Waals surface area contributed by atoms with Gasteiger partial charge in [-0.2, -0.15) is 18.3 Å². The monoisotopic (exact) mass is 365 g/mol. The Hall–Kier alpha value is -2.09. The van der Waals surface area contributed by atoms with E-state index in [4.69, 9.17) is 0 Å². The van der Waals surface area contributed by atoms with Gasteiger partial charge in [-0.25, -0.2) is 4.98 Å². The Morgan fingerprint density at radius 1 is 1.23 bits per heavy atom. The summed E-state index contributed by atoms with van der Waals surface area (Å²) in [6.45, 7) is 5.61. The second-order valence-electron chi connectivity index (χ2n) is 7.31. The van der Waals surface area contributed by atoms with E-state index in [-0.39, 0.29) is 0 Å². The number of fused-ring (bicyclic) bond motifs is 1. The van der Waals surface area contributed by atoms with Crippen molar-refractivity contribution in [3.8, 4) is 0 Å². The van der Waals surface area contributed by atoms with Crippen molar-refractivity contribution in [1.29, 1.82) is 0 Å². The van der Waals surface area contributed by atoms with Crippen molar-refractivity contribution in [1.82, 2.24) is 19.7 Å². The van der Waals surface area contributed by atoms with Gasteiger partial charge in [0, 0.05) is 50.7 Å². The maximum absolute atomic E-state index is 12.7. The molecule has 0 amide bonds. The van der Waals surface area contributed by atoms with Crippen LogP contribution in [0.1, 0.15) is 23.2 Å². The molecule has 2 atom stereocenters. The van der Waals surface area contributed by atoms with E-state index in [1.54, 1.807) is 0 Å². The summed E-state index contributed by atoms with van der Waals surface area (Å²) in [5, 5.41) is 4.41. The molecule has 140 valence electrons. The fourth-order valence-electron chi connectivity index (χ4n) is 4.20. The Morgan fingerprint density at radius 3 is 2.65 bits per heavy atom. The summed E-state index contributed by atoms with van der Waals surface area (Å²) in [6, 6.07) is 3.02. The summed E-state index contributed by atoms with van der Waals surface area (Å²) in [5.74, 6) is 1.17. The Labute approximate surface area is 150 Å². The van der Waals surface area contributed by atoms with Crippen molar-refractivity contribution >= 4 is 5.82 Å². The zero-order valence-corrected chi connectivity index (χ0v) is 14.9. The van der Waals surface area contributed by atoms with Crippen molar-refractivity contribution in [2.75, 3.05) is 24.5 Å². The van der Waals surface area contributed by atoms with E-state index in [1.165, 1.54) is 11.6 Å². The number of hydrogen-bond donors (Lipinski definition) is 0. The van der Waals surface area contributed by atoms with Crippen molar-refractivity contribution in [3.63, 3.8) is 0 Å². The number of aromatic nitrogens is 3. The summed E-state index contributed by atoms with van der Waals surface area (Å²) < 4.78 is 40.0. The van der Waals surface area contributed by atoms with Crippen LogP contribution in [0.2, 0.25) is 0 Å². The molecule has 0 spiro atoms. The highest BCUT2D eigenvalue weighted by molar-refractivity contribution is 5.42. The van der Waals surface area contributed by atoms with Crippen LogP contribution in [0.25, 0.3) is 0 Å². The van der Waals surface area contributed by atoms with Crippen LogP contribution in [0, 0.1) is 12.8 Å². The molecular formula is C18H22F3N5. The third-order valence-corrected chi connectivity index (χ3v) is 5.55. The predicted octanol–water partition coefficient (Wildman–Crippen LogP) is 2.85. The van der Waals surface area contributed by atoms with Crippen LogP contribution in [-0.4, -0.2) is 45.3 Å². The molecule has 0 N–H and O–H groups in total. The largest absolute Gasteiger partial charge is 0.417 e. The fourth-order valence-corrected chi connectivity index (χ4v) is 4.20. The van der Waals surface area contributed by atoms with Crippen LogP contribution in [0.3, 0.4) is 0 Å². The van der Waals surface area contributed by atoms with E-state index in [9.17, 15) is 13.2 Å². The molecule has 2 saturated heterocycles. The van der Waals surface area contributed by atoms with Crippen molar-refractivity contribution < 1.29 is 13.2 Å². The van der Waals surface area contributed by atoms with E-state index in [1.807, 2.05) is 18.7 Å². The highest BCUT2D eigenvalue weighted by Crippen LogP contribution is 2.35. The molecule has 0 aliphatic carbocycles. The highest BCUT2D eigenvalue weighted by atomic mass is 19.4. The minimum Gasteiger partial charge on any atom is -0.355 e. The molecule has 0 aromatic carbocycles. The van der Waals surface area contributed by atoms with Crippen molar-refractivity contribution in [2.24, 2.45) is 13.0 Å². The number of pyridine rings is 1. The number of nitrogens with zero attached hydrogens (tertiary/aromatic N) is 5. The average Bonchev–Trinajstić information content (AvgIpc) is 3.23. The summed E-state index contributed by atoms with van der Waals surface area (Å²) in [7, 11) is 1.93. The minimum absolute atomic E-state index is 0.415. The third-order valence-electron chi connectivity index (χ3n) is 5.55. The predicted molar refractivity (Wildman–Crippen MR) is 91.7 cm³/mol. The number of hydrogen-bond acceptors (Lipinski definition) is 4. The van der Waals surface area contributed by atoms with Gasteiger partial charge in [0.05, 0.1) is 11.3 Å². The zero-order valence-electron chi connectivity index (χ0n) is 14.9. The molecule has 2 aliphatic heterocycles. The summed E-state index contributed by atoms with van der Waals surface area (Å²) in [5.41, 5.74) is 1.59. The molecule has 26 heavy (non-hydrogen) atoms. The SMILES string of the molecule is Cc1nn(C)cc1CN1CCC2CN(c3ccc(C(F)(F)F)cn3)CC21. The lowest BCUT2D eigenvalue weighted by molar-refractivity contribution is -0.137. The quantitative estimate of drug-likeness (QED) is 0.838. The Bertz CT molecular complexity index is 783. The van der Waals surface area contributed by atoms with Gasteiger partial charge >= 0.3 is 6.18 Å². The van der Waals surface area contributed by atoms with Crippen LogP contribution in [0.5, 0.6) is 0 Å². The molecule has 4 heterocycles. The molecule has 4 rings (SSSR count). The lowest BCUT2D eigenvalue weighted by atomic mass is 10.1. The summed E-state index contributed by atoms with van der Waals surface area (Å²) in [6.07, 6.45) is -0.237. The Morgan fingerprint density at radius 2 is 2.04 bits per heavy atom. The standard InChI is InChI=1S/C18H22F3N5/c1-12-14(8-24(2)23-12)10-25-6-5-13-9-26(11-16(13)25)17-4-3-15(7-22-17)18(19,20)21/h3-4,7-8,13,16H,5-6,9-11H2,1-2H3. The molecule has 0 radical (unpaired) electrons. The molecule has 2 aromatic heterocycles. The minimum atomic E-state index is -4.34. The molecule has 2 fully saturated rings. The van der Waals surface area contributed by atoms with Crippen molar-refractivity contribution in [2.45, 2.75) is 32.1 Å². The lowest BCUT2D eigenvalue weighted by Gasteiger charge is -2.25.